The topological polar surface area (TPSA) is 89.1 Å². The molecular weight excluding hydrogens is 364 g/mol. The van der Waals surface area contributed by atoms with Crippen LogP contribution in [-0.4, -0.2) is 35.1 Å². The van der Waals surface area contributed by atoms with Gasteiger partial charge in [-0.1, -0.05) is 12.1 Å². The van der Waals surface area contributed by atoms with Gasteiger partial charge in [0.2, 0.25) is 5.95 Å². The number of para-hydroxylation sites is 2. The highest BCUT2D eigenvalue weighted by molar-refractivity contribution is 7.13. The van der Waals surface area contributed by atoms with Gasteiger partial charge >= 0.3 is 0 Å². The fourth-order valence-corrected chi connectivity index (χ4v) is 3.46. The summed E-state index contributed by atoms with van der Waals surface area (Å²) in [5, 5.41) is 5.17. The van der Waals surface area contributed by atoms with E-state index in [1.807, 2.05) is 42.5 Å². The Hall–Kier alpha value is -3.39. The first-order chi connectivity index (χ1) is 13.2. The van der Waals surface area contributed by atoms with Gasteiger partial charge in [0, 0.05) is 10.9 Å². The van der Waals surface area contributed by atoms with E-state index in [1.165, 1.54) is 11.3 Å². The van der Waals surface area contributed by atoms with E-state index in [1.54, 1.807) is 19.6 Å². The van der Waals surface area contributed by atoms with Gasteiger partial charge in [-0.05, 0) is 30.3 Å². The Morgan fingerprint density at radius 2 is 1.89 bits per heavy atom. The van der Waals surface area contributed by atoms with Crippen LogP contribution in [0.1, 0.15) is 10.5 Å². The SMILES string of the molecule is COc1ccc(-c2nc(C(=O)Nc3nc4ccccc4[nH]3)cs2)cc1OC. The summed E-state index contributed by atoms with van der Waals surface area (Å²) in [6.07, 6.45) is 0. The van der Waals surface area contributed by atoms with Gasteiger partial charge in [-0.3, -0.25) is 10.1 Å². The summed E-state index contributed by atoms with van der Waals surface area (Å²) in [6, 6.07) is 13.1. The summed E-state index contributed by atoms with van der Waals surface area (Å²) in [5.74, 6) is 1.32. The van der Waals surface area contributed by atoms with Crippen molar-refractivity contribution in [3.63, 3.8) is 0 Å². The molecule has 7 nitrogen and oxygen atoms in total. The third-order valence-electron chi connectivity index (χ3n) is 3.99. The Morgan fingerprint density at radius 3 is 2.67 bits per heavy atom. The Morgan fingerprint density at radius 1 is 1.07 bits per heavy atom. The summed E-state index contributed by atoms with van der Waals surface area (Å²) < 4.78 is 10.6. The second-order valence-corrected chi connectivity index (χ2v) is 6.52. The summed E-state index contributed by atoms with van der Waals surface area (Å²) in [7, 11) is 3.16. The lowest BCUT2D eigenvalue weighted by Gasteiger charge is -2.08. The fraction of sp³-hybridized carbons (Fsp3) is 0.105. The van der Waals surface area contributed by atoms with Crippen LogP contribution < -0.4 is 14.8 Å². The normalized spacial score (nSPS) is 10.7. The van der Waals surface area contributed by atoms with Crippen molar-refractivity contribution in [2.24, 2.45) is 0 Å². The van der Waals surface area contributed by atoms with Crippen molar-refractivity contribution in [1.82, 2.24) is 15.0 Å². The highest BCUT2D eigenvalue weighted by atomic mass is 32.1. The molecule has 4 aromatic rings. The maximum atomic E-state index is 12.5. The Balaban J connectivity index is 1.55. The van der Waals surface area contributed by atoms with Gasteiger partial charge in [0.1, 0.15) is 10.7 Å². The zero-order valence-corrected chi connectivity index (χ0v) is 15.5. The van der Waals surface area contributed by atoms with Crippen LogP contribution in [0.5, 0.6) is 11.5 Å². The number of fused-ring (bicyclic) bond motifs is 1. The number of thiazole rings is 1. The molecule has 2 heterocycles. The van der Waals surface area contributed by atoms with E-state index in [-0.39, 0.29) is 5.91 Å². The van der Waals surface area contributed by atoms with Crippen LogP contribution in [-0.2, 0) is 0 Å². The number of benzene rings is 2. The Kier molecular flexibility index (Phi) is 4.47. The molecule has 2 aromatic carbocycles. The lowest BCUT2D eigenvalue weighted by molar-refractivity contribution is 0.102. The summed E-state index contributed by atoms with van der Waals surface area (Å²) in [6.45, 7) is 0. The lowest BCUT2D eigenvalue weighted by atomic mass is 10.2. The van der Waals surface area contributed by atoms with Crippen molar-refractivity contribution >= 4 is 34.2 Å². The van der Waals surface area contributed by atoms with E-state index in [2.05, 4.69) is 20.3 Å². The van der Waals surface area contributed by atoms with Gasteiger partial charge < -0.3 is 14.5 Å². The molecule has 0 bridgehead atoms. The summed E-state index contributed by atoms with van der Waals surface area (Å²) >= 11 is 1.38. The van der Waals surface area contributed by atoms with Crippen LogP contribution in [0.4, 0.5) is 5.95 Å². The lowest BCUT2D eigenvalue weighted by Crippen LogP contribution is -2.13. The number of amides is 1. The van der Waals surface area contributed by atoms with Crippen LogP contribution in [0.15, 0.2) is 47.8 Å². The van der Waals surface area contributed by atoms with E-state index in [9.17, 15) is 4.79 Å². The number of anilines is 1. The van der Waals surface area contributed by atoms with Crippen molar-refractivity contribution < 1.29 is 14.3 Å². The molecule has 8 heteroatoms. The Bertz CT molecular complexity index is 1090. The average molecular weight is 380 g/mol. The van der Waals surface area contributed by atoms with Crippen molar-refractivity contribution in [2.45, 2.75) is 0 Å². The molecular formula is C19H16N4O3S. The number of carbonyl (C=O) groups is 1. The molecule has 136 valence electrons. The number of methoxy groups -OCH3 is 2. The number of hydrogen-bond donors (Lipinski definition) is 2. The third kappa shape index (κ3) is 3.34. The Labute approximate surface area is 159 Å². The monoisotopic (exact) mass is 380 g/mol. The molecule has 2 aromatic heterocycles. The van der Waals surface area contributed by atoms with E-state index < -0.39 is 0 Å². The first-order valence-corrected chi connectivity index (χ1v) is 9.00. The molecule has 0 atom stereocenters. The summed E-state index contributed by atoms with van der Waals surface area (Å²) in [4.78, 5) is 24.3. The van der Waals surface area contributed by atoms with Crippen molar-refractivity contribution in [3.8, 4) is 22.1 Å². The second kappa shape index (κ2) is 7.08. The number of H-pyrrole nitrogens is 1. The van der Waals surface area contributed by atoms with Gasteiger partial charge in [0.25, 0.3) is 5.91 Å². The second-order valence-electron chi connectivity index (χ2n) is 5.66. The van der Waals surface area contributed by atoms with E-state index in [0.717, 1.165) is 16.6 Å². The highest BCUT2D eigenvalue weighted by Gasteiger charge is 2.15. The van der Waals surface area contributed by atoms with Crippen LogP contribution in [0.25, 0.3) is 21.6 Å². The minimum atomic E-state index is -0.322. The standard InChI is InChI=1S/C19H16N4O3S/c1-25-15-8-7-11(9-16(15)26-2)18-20-14(10-27-18)17(24)23-19-21-12-5-3-4-6-13(12)22-19/h3-10H,1-2H3,(H2,21,22,23,24). The van der Waals surface area contributed by atoms with Gasteiger partial charge in [-0.15, -0.1) is 11.3 Å². The number of ether oxygens (including phenoxy) is 2. The van der Waals surface area contributed by atoms with Crippen LogP contribution in [0.3, 0.4) is 0 Å². The number of aromatic amines is 1. The molecule has 27 heavy (non-hydrogen) atoms. The number of carbonyl (C=O) groups excluding carboxylic acids is 1. The largest absolute Gasteiger partial charge is 0.493 e. The molecule has 0 unspecified atom stereocenters. The number of hydrogen-bond acceptors (Lipinski definition) is 6. The molecule has 2 N–H and O–H groups in total. The minimum absolute atomic E-state index is 0.322. The zero-order valence-electron chi connectivity index (χ0n) is 14.6. The van der Waals surface area contributed by atoms with Crippen molar-refractivity contribution in [3.05, 3.63) is 53.5 Å². The molecule has 4 rings (SSSR count). The molecule has 0 aliphatic rings. The van der Waals surface area contributed by atoms with Gasteiger partial charge in [0.15, 0.2) is 11.5 Å². The number of rotatable bonds is 5. The predicted octanol–water partition coefficient (Wildman–Crippen LogP) is 3.96. The molecule has 0 saturated carbocycles. The molecule has 1 amide bonds. The molecule has 0 saturated heterocycles. The van der Waals surface area contributed by atoms with Gasteiger partial charge in [-0.2, -0.15) is 0 Å². The fourth-order valence-electron chi connectivity index (χ4n) is 2.66. The van der Waals surface area contributed by atoms with Crippen LogP contribution >= 0.6 is 11.3 Å². The maximum absolute atomic E-state index is 12.5. The maximum Gasteiger partial charge on any atom is 0.277 e. The predicted molar refractivity (Wildman–Crippen MR) is 105 cm³/mol. The van der Waals surface area contributed by atoms with Gasteiger partial charge in [0.05, 0.1) is 25.3 Å². The van der Waals surface area contributed by atoms with E-state index in [0.29, 0.717) is 28.1 Å². The minimum Gasteiger partial charge on any atom is -0.493 e. The first-order valence-electron chi connectivity index (χ1n) is 8.12. The van der Waals surface area contributed by atoms with E-state index >= 15 is 0 Å². The molecule has 0 aliphatic carbocycles. The van der Waals surface area contributed by atoms with Crippen molar-refractivity contribution in [2.75, 3.05) is 19.5 Å². The third-order valence-corrected chi connectivity index (χ3v) is 4.88. The summed E-state index contributed by atoms with van der Waals surface area (Å²) in [5.41, 5.74) is 2.82. The number of aromatic nitrogens is 3. The van der Waals surface area contributed by atoms with Crippen LogP contribution in [0.2, 0.25) is 0 Å². The molecule has 0 radical (unpaired) electrons. The van der Waals surface area contributed by atoms with E-state index in [4.69, 9.17) is 9.47 Å². The number of nitrogens with zero attached hydrogens (tertiary/aromatic N) is 2. The van der Waals surface area contributed by atoms with Crippen LogP contribution in [0, 0.1) is 0 Å². The number of imidazole rings is 1. The first kappa shape index (κ1) is 17.0. The van der Waals surface area contributed by atoms with Crippen molar-refractivity contribution in [1.29, 1.82) is 0 Å². The molecule has 0 aliphatic heterocycles. The zero-order chi connectivity index (χ0) is 18.8. The smallest absolute Gasteiger partial charge is 0.277 e. The highest BCUT2D eigenvalue weighted by Crippen LogP contribution is 2.33. The average Bonchev–Trinajstić information content (AvgIpc) is 3.34. The molecule has 0 spiro atoms. The quantitative estimate of drug-likeness (QED) is 0.547. The van der Waals surface area contributed by atoms with Gasteiger partial charge in [-0.25, -0.2) is 9.97 Å². The molecule has 0 fully saturated rings. The number of nitrogens with one attached hydrogen (secondary N) is 2.